The van der Waals surface area contributed by atoms with Crippen LogP contribution < -0.4 is 30.6 Å². The van der Waals surface area contributed by atoms with Crippen LogP contribution in [0.4, 0.5) is 17.5 Å². The third kappa shape index (κ3) is 4.25. The molecule has 2 aliphatic rings. The van der Waals surface area contributed by atoms with E-state index in [-0.39, 0.29) is 23.7 Å². The van der Waals surface area contributed by atoms with E-state index in [4.69, 9.17) is 9.47 Å². The molecule has 0 aliphatic carbocycles. The summed E-state index contributed by atoms with van der Waals surface area (Å²) in [6.45, 7) is 3.75. The number of amides is 2. The van der Waals surface area contributed by atoms with Crippen LogP contribution in [0, 0.1) is 5.92 Å². The van der Waals surface area contributed by atoms with Crippen LogP contribution in [0.1, 0.15) is 37.7 Å². The zero-order valence-electron chi connectivity index (χ0n) is 18.4. The highest BCUT2D eigenvalue weighted by molar-refractivity contribution is 6.05. The Morgan fingerprint density at radius 3 is 2.62 bits per heavy atom. The quantitative estimate of drug-likeness (QED) is 0.649. The molecular weight excluding hydrogens is 414 g/mol. The molecule has 1 saturated heterocycles. The van der Waals surface area contributed by atoms with Gasteiger partial charge >= 0.3 is 0 Å². The second-order valence-corrected chi connectivity index (χ2v) is 8.18. The number of aromatic amines is 1. The van der Waals surface area contributed by atoms with Crippen molar-refractivity contribution in [2.75, 3.05) is 42.8 Å². The molecule has 2 aliphatic heterocycles. The predicted molar refractivity (Wildman–Crippen MR) is 120 cm³/mol. The fourth-order valence-electron chi connectivity index (χ4n) is 4.08. The predicted octanol–water partition coefficient (Wildman–Crippen LogP) is 2.09. The van der Waals surface area contributed by atoms with Crippen molar-refractivity contribution in [3.63, 3.8) is 0 Å². The standard InChI is InChI=1S/C22H27N5O5/c1-12-6-8-27(9-7-12)22-25-19-18(21(30)26-22)14(11-17(28)24-19)20(29)23-15-5-4-13(31-2)10-16(15)32-3/h4-5,10,12,14H,6-9,11H2,1-3H3,(H,23,29)(H2,24,25,26,28,30)/t14-/m0/s1. The highest BCUT2D eigenvalue weighted by atomic mass is 16.5. The Hall–Kier alpha value is -3.56. The van der Waals surface area contributed by atoms with Gasteiger partial charge in [0.05, 0.1) is 31.4 Å². The van der Waals surface area contributed by atoms with E-state index in [1.54, 1.807) is 18.2 Å². The first kappa shape index (κ1) is 21.7. The van der Waals surface area contributed by atoms with Crippen LogP contribution in [0.3, 0.4) is 0 Å². The van der Waals surface area contributed by atoms with Gasteiger partial charge in [0, 0.05) is 25.6 Å². The monoisotopic (exact) mass is 441 g/mol. The molecule has 4 rings (SSSR count). The second-order valence-electron chi connectivity index (χ2n) is 8.18. The number of hydrogen-bond acceptors (Lipinski definition) is 7. The van der Waals surface area contributed by atoms with E-state index in [9.17, 15) is 14.4 Å². The van der Waals surface area contributed by atoms with E-state index in [2.05, 4.69) is 27.5 Å². The summed E-state index contributed by atoms with van der Waals surface area (Å²) in [4.78, 5) is 47.7. The van der Waals surface area contributed by atoms with Crippen LogP contribution in [0.15, 0.2) is 23.0 Å². The zero-order valence-corrected chi connectivity index (χ0v) is 18.4. The smallest absolute Gasteiger partial charge is 0.258 e. The lowest BCUT2D eigenvalue weighted by Gasteiger charge is -2.31. The molecule has 3 N–H and O–H groups in total. The first-order valence-electron chi connectivity index (χ1n) is 10.6. The molecular formula is C22H27N5O5. The van der Waals surface area contributed by atoms with Crippen molar-refractivity contribution < 1.29 is 19.1 Å². The largest absolute Gasteiger partial charge is 0.497 e. The summed E-state index contributed by atoms with van der Waals surface area (Å²) in [6.07, 6.45) is 1.85. The van der Waals surface area contributed by atoms with Crippen molar-refractivity contribution in [2.24, 2.45) is 5.92 Å². The van der Waals surface area contributed by atoms with Gasteiger partial charge in [0.1, 0.15) is 17.3 Å². The van der Waals surface area contributed by atoms with Crippen LogP contribution in [0.2, 0.25) is 0 Å². The maximum absolute atomic E-state index is 13.1. The molecule has 1 fully saturated rings. The van der Waals surface area contributed by atoms with Crippen LogP contribution in [-0.4, -0.2) is 49.1 Å². The average Bonchev–Trinajstić information content (AvgIpc) is 2.78. The number of nitrogens with zero attached hydrogens (tertiary/aromatic N) is 2. The third-order valence-electron chi connectivity index (χ3n) is 6.00. The van der Waals surface area contributed by atoms with E-state index in [0.29, 0.717) is 29.1 Å². The number of fused-ring (bicyclic) bond motifs is 1. The van der Waals surface area contributed by atoms with Crippen molar-refractivity contribution in [3.05, 3.63) is 34.1 Å². The van der Waals surface area contributed by atoms with E-state index >= 15 is 0 Å². The summed E-state index contributed by atoms with van der Waals surface area (Å²) in [5.41, 5.74) is 0.142. The summed E-state index contributed by atoms with van der Waals surface area (Å²) >= 11 is 0. The molecule has 0 radical (unpaired) electrons. The van der Waals surface area contributed by atoms with Crippen molar-refractivity contribution in [1.82, 2.24) is 9.97 Å². The van der Waals surface area contributed by atoms with Crippen molar-refractivity contribution in [1.29, 1.82) is 0 Å². The molecule has 10 nitrogen and oxygen atoms in total. The number of hydrogen-bond donors (Lipinski definition) is 3. The SMILES string of the molecule is COc1ccc(NC(=O)[C@H]2CC(=O)Nc3nc(N4CCC(C)CC4)[nH]c(=O)c32)c(OC)c1. The Bertz CT molecular complexity index is 1090. The van der Waals surface area contributed by atoms with Crippen LogP contribution >= 0.6 is 0 Å². The van der Waals surface area contributed by atoms with Gasteiger partial charge in [0.25, 0.3) is 5.56 Å². The molecule has 32 heavy (non-hydrogen) atoms. The number of carbonyl (C=O) groups is 2. The molecule has 0 bridgehead atoms. The normalized spacial score (nSPS) is 18.5. The number of rotatable bonds is 5. The fraction of sp³-hybridized carbons (Fsp3) is 0.455. The molecule has 2 aromatic rings. The van der Waals surface area contributed by atoms with E-state index < -0.39 is 17.4 Å². The molecule has 3 heterocycles. The van der Waals surface area contributed by atoms with Gasteiger partial charge in [-0.2, -0.15) is 4.98 Å². The van der Waals surface area contributed by atoms with Crippen LogP contribution in [0.25, 0.3) is 0 Å². The number of H-pyrrole nitrogens is 1. The maximum atomic E-state index is 13.1. The molecule has 0 saturated carbocycles. The van der Waals surface area contributed by atoms with Gasteiger partial charge in [-0.15, -0.1) is 0 Å². The minimum atomic E-state index is -0.975. The van der Waals surface area contributed by atoms with E-state index in [0.717, 1.165) is 25.9 Å². The topological polar surface area (TPSA) is 126 Å². The third-order valence-corrected chi connectivity index (χ3v) is 6.00. The Labute approximate surface area is 185 Å². The van der Waals surface area contributed by atoms with E-state index in [1.807, 2.05) is 4.90 Å². The lowest BCUT2D eigenvalue weighted by Crippen LogP contribution is -2.39. The minimum absolute atomic E-state index is 0.139. The lowest BCUT2D eigenvalue weighted by molar-refractivity contribution is -0.123. The van der Waals surface area contributed by atoms with Gasteiger partial charge in [-0.3, -0.25) is 19.4 Å². The lowest BCUT2D eigenvalue weighted by atomic mass is 9.92. The first-order valence-corrected chi connectivity index (χ1v) is 10.6. The highest BCUT2D eigenvalue weighted by Gasteiger charge is 2.35. The summed E-state index contributed by atoms with van der Waals surface area (Å²) in [6, 6.07) is 4.96. The van der Waals surface area contributed by atoms with Gasteiger partial charge in [-0.1, -0.05) is 6.92 Å². The molecule has 0 spiro atoms. The van der Waals surface area contributed by atoms with Gasteiger partial charge in [0.15, 0.2) is 0 Å². The Morgan fingerprint density at radius 1 is 1.19 bits per heavy atom. The number of aromatic nitrogens is 2. The molecule has 170 valence electrons. The Kier molecular flexibility index (Phi) is 6.02. The number of methoxy groups -OCH3 is 2. The number of carbonyl (C=O) groups excluding carboxylic acids is 2. The highest BCUT2D eigenvalue weighted by Crippen LogP contribution is 2.33. The number of anilines is 3. The summed E-state index contributed by atoms with van der Waals surface area (Å²) in [5, 5.41) is 5.42. The van der Waals surface area contributed by atoms with Crippen molar-refractivity contribution in [3.8, 4) is 11.5 Å². The van der Waals surface area contributed by atoms with Gasteiger partial charge in [0.2, 0.25) is 17.8 Å². The second kappa shape index (κ2) is 8.89. The molecule has 2 amide bonds. The van der Waals surface area contributed by atoms with Gasteiger partial charge in [-0.25, -0.2) is 0 Å². The molecule has 0 unspecified atom stereocenters. The summed E-state index contributed by atoms with van der Waals surface area (Å²) < 4.78 is 10.5. The molecule has 10 heteroatoms. The number of ether oxygens (including phenoxy) is 2. The van der Waals surface area contributed by atoms with Crippen LogP contribution in [-0.2, 0) is 9.59 Å². The Balaban J connectivity index is 1.62. The van der Waals surface area contributed by atoms with Crippen LogP contribution in [0.5, 0.6) is 11.5 Å². The minimum Gasteiger partial charge on any atom is -0.497 e. The van der Waals surface area contributed by atoms with Crippen molar-refractivity contribution >= 4 is 29.3 Å². The van der Waals surface area contributed by atoms with E-state index in [1.165, 1.54) is 14.2 Å². The number of benzene rings is 1. The average molecular weight is 441 g/mol. The zero-order chi connectivity index (χ0) is 22.8. The first-order chi connectivity index (χ1) is 15.4. The van der Waals surface area contributed by atoms with Crippen molar-refractivity contribution in [2.45, 2.75) is 32.1 Å². The van der Waals surface area contributed by atoms with Gasteiger partial charge in [-0.05, 0) is 30.9 Å². The number of piperidine rings is 1. The molecule has 1 aromatic heterocycles. The molecule has 1 aromatic carbocycles. The molecule has 1 atom stereocenters. The van der Waals surface area contributed by atoms with Gasteiger partial charge < -0.3 is 25.0 Å². The number of nitrogens with one attached hydrogen (secondary N) is 3. The summed E-state index contributed by atoms with van der Waals surface area (Å²) in [5.74, 6) is 0.323. The Morgan fingerprint density at radius 2 is 1.94 bits per heavy atom. The maximum Gasteiger partial charge on any atom is 0.258 e. The summed E-state index contributed by atoms with van der Waals surface area (Å²) in [7, 11) is 3.01. The fourth-order valence-corrected chi connectivity index (χ4v) is 4.08.